The molecule has 1 atom stereocenters. The van der Waals surface area contributed by atoms with Crippen molar-refractivity contribution in [2.45, 2.75) is 25.2 Å². The number of aromatic nitrogens is 3. The zero-order valence-electron chi connectivity index (χ0n) is 23.4. The number of benzene rings is 2. The summed E-state index contributed by atoms with van der Waals surface area (Å²) in [6, 6.07) is 31.9. The van der Waals surface area contributed by atoms with Crippen molar-refractivity contribution in [2.24, 2.45) is 0 Å². The van der Waals surface area contributed by atoms with Crippen LogP contribution in [0.15, 0.2) is 146 Å². The summed E-state index contributed by atoms with van der Waals surface area (Å²) in [6.07, 6.45) is 22.4. The van der Waals surface area contributed by atoms with Crippen LogP contribution in [0, 0.1) is 0 Å². The lowest BCUT2D eigenvalue weighted by molar-refractivity contribution is 0.814. The van der Waals surface area contributed by atoms with Gasteiger partial charge in [0.2, 0.25) is 0 Å². The van der Waals surface area contributed by atoms with Crippen molar-refractivity contribution in [3.63, 3.8) is 0 Å². The molecule has 3 heteroatoms. The van der Waals surface area contributed by atoms with Crippen LogP contribution in [0.3, 0.4) is 0 Å². The third kappa shape index (κ3) is 5.55. The summed E-state index contributed by atoms with van der Waals surface area (Å²) < 4.78 is 0. The number of pyridine rings is 3. The fraction of sp³-hybridized carbons (Fsp3) is 0.103. The molecule has 2 aliphatic carbocycles. The molecule has 0 N–H and O–H groups in total. The predicted molar refractivity (Wildman–Crippen MR) is 174 cm³/mol. The molecule has 3 heterocycles. The topological polar surface area (TPSA) is 38.7 Å². The Morgan fingerprint density at radius 3 is 2.10 bits per heavy atom. The van der Waals surface area contributed by atoms with Crippen LogP contribution in [0.5, 0.6) is 0 Å². The average Bonchev–Trinajstić information content (AvgIpc) is 3.09. The van der Waals surface area contributed by atoms with Gasteiger partial charge in [0.25, 0.3) is 0 Å². The largest absolute Gasteiger partial charge is 0.256 e. The van der Waals surface area contributed by atoms with E-state index in [1.165, 1.54) is 5.57 Å². The van der Waals surface area contributed by atoms with E-state index in [0.717, 1.165) is 75.4 Å². The van der Waals surface area contributed by atoms with Gasteiger partial charge in [0.1, 0.15) is 0 Å². The van der Waals surface area contributed by atoms with Crippen molar-refractivity contribution in [1.82, 2.24) is 15.0 Å². The molecule has 1 unspecified atom stereocenters. The van der Waals surface area contributed by atoms with Crippen molar-refractivity contribution in [1.29, 1.82) is 0 Å². The molecule has 42 heavy (non-hydrogen) atoms. The third-order valence-electron chi connectivity index (χ3n) is 7.89. The molecular formula is C39H31N3. The maximum atomic E-state index is 5.18. The van der Waals surface area contributed by atoms with Gasteiger partial charge in [-0.3, -0.25) is 15.0 Å². The Bertz CT molecular complexity index is 1830. The minimum atomic E-state index is 0.257. The van der Waals surface area contributed by atoms with E-state index in [-0.39, 0.29) is 5.92 Å². The number of rotatable bonds is 6. The first-order valence-electron chi connectivity index (χ1n) is 14.6. The second-order valence-corrected chi connectivity index (χ2v) is 10.8. The summed E-state index contributed by atoms with van der Waals surface area (Å²) in [5.74, 6) is 0.257. The first kappa shape index (κ1) is 25.8. The number of nitrogens with zero attached hydrogens (tertiary/aromatic N) is 3. The van der Waals surface area contributed by atoms with Crippen molar-refractivity contribution >= 4 is 5.57 Å². The summed E-state index contributed by atoms with van der Waals surface area (Å²) >= 11 is 0. The first-order chi connectivity index (χ1) is 20.8. The van der Waals surface area contributed by atoms with E-state index in [9.17, 15) is 0 Å². The van der Waals surface area contributed by atoms with Crippen LogP contribution < -0.4 is 0 Å². The van der Waals surface area contributed by atoms with Gasteiger partial charge >= 0.3 is 0 Å². The molecule has 2 aromatic carbocycles. The van der Waals surface area contributed by atoms with Crippen LogP contribution in [0.1, 0.15) is 36.6 Å². The molecule has 3 aromatic heterocycles. The summed E-state index contributed by atoms with van der Waals surface area (Å²) in [7, 11) is 0. The first-order valence-corrected chi connectivity index (χ1v) is 14.6. The monoisotopic (exact) mass is 541 g/mol. The van der Waals surface area contributed by atoms with Gasteiger partial charge in [-0.1, -0.05) is 85.0 Å². The molecule has 0 aliphatic heterocycles. The summed E-state index contributed by atoms with van der Waals surface area (Å²) in [6.45, 7) is 0. The quantitative estimate of drug-likeness (QED) is 0.215. The van der Waals surface area contributed by atoms with Crippen molar-refractivity contribution in [3.8, 4) is 44.8 Å². The Labute approximate surface area is 247 Å². The van der Waals surface area contributed by atoms with Crippen LogP contribution >= 0.6 is 0 Å². The maximum Gasteiger partial charge on any atom is 0.0708 e. The molecule has 0 fully saturated rings. The van der Waals surface area contributed by atoms with E-state index in [2.05, 4.69) is 120 Å². The van der Waals surface area contributed by atoms with Gasteiger partial charge in [-0.05, 0) is 90.1 Å². The third-order valence-corrected chi connectivity index (χ3v) is 7.89. The Hall–Kier alpha value is -5.15. The van der Waals surface area contributed by atoms with Crippen molar-refractivity contribution in [2.75, 3.05) is 0 Å². The fourth-order valence-corrected chi connectivity index (χ4v) is 5.65. The second-order valence-electron chi connectivity index (χ2n) is 10.8. The minimum absolute atomic E-state index is 0.257. The lowest BCUT2D eigenvalue weighted by atomic mass is 9.91. The normalized spacial score (nSPS) is 15.9. The van der Waals surface area contributed by atoms with E-state index in [1.807, 2.05) is 30.6 Å². The van der Waals surface area contributed by atoms with E-state index in [1.54, 1.807) is 0 Å². The van der Waals surface area contributed by atoms with Gasteiger partial charge < -0.3 is 0 Å². The number of allylic oxidation sites excluding steroid dienone is 8. The molecule has 0 saturated heterocycles. The fourth-order valence-electron chi connectivity index (χ4n) is 5.65. The van der Waals surface area contributed by atoms with E-state index in [0.29, 0.717) is 0 Å². The van der Waals surface area contributed by atoms with E-state index < -0.39 is 0 Å². The SMILES string of the molecule is C1=CCC(c2cc(-c3cc(-c4ccccn4)cc(-c4ccc(-c5ccccc5)cn4)c3)cc(C3=CCCC=C3)n2)C=C1. The molecule has 202 valence electrons. The molecule has 0 spiro atoms. The molecule has 0 radical (unpaired) electrons. The molecule has 5 aromatic rings. The van der Waals surface area contributed by atoms with E-state index >= 15 is 0 Å². The van der Waals surface area contributed by atoms with Gasteiger partial charge in [0.05, 0.1) is 17.1 Å². The molecule has 3 nitrogen and oxygen atoms in total. The number of hydrogen-bond acceptors (Lipinski definition) is 3. The molecule has 0 saturated carbocycles. The molecule has 7 rings (SSSR count). The molecular weight excluding hydrogens is 510 g/mol. The Kier molecular flexibility index (Phi) is 7.22. The second kappa shape index (κ2) is 11.8. The van der Waals surface area contributed by atoms with Crippen LogP contribution in [0.25, 0.3) is 50.3 Å². The molecule has 0 bridgehead atoms. The standard InChI is InChI=1S/C39H31N3/c1-4-12-28(13-5-1)31-19-20-37(41-27-31)35-23-32(22-34(24-35)36-18-10-11-21-40-36)33-25-38(29-14-6-2-7-15-29)42-39(26-33)30-16-8-3-9-17-30/h1-2,4-8,10-14,16-27,29H,3,9,15H2. The lowest BCUT2D eigenvalue weighted by Gasteiger charge is -2.18. The molecule has 0 amide bonds. The van der Waals surface area contributed by atoms with Gasteiger partial charge in [-0.2, -0.15) is 0 Å². The van der Waals surface area contributed by atoms with Crippen LogP contribution in [-0.4, -0.2) is 15.0 Å². The zero-order chi connectivity index (χ0) is 28.1. The van der Waals surface area contributed by atoms with E-state index in [4.69, 9.17) is 9.97 Å². The average molecular weight is 542 g/mol. The summed E-state index contributed by atoms with van der Waals surface area (Å²) in [4.78, 5) is 14.8. The highest BCUT2D eigenvalue weighted by Gasteiger charge is 2.17. The Morgan fingerprint density at radius 2 is 1.38 bits per heavy atom. The highest BCUT2D eigenvalue weighted by molar-refractivity contribution is 5.82. The van der Waals surface area contributed by atoms with Crippen molar-refractivity contribution in [3.05, 3.63) is 157 Å². The summed E-state index contributed by atoms with van der Waals surface area (Å²) in [5, 5.41) is 0. The maximum absolute atomic E-state index is 5.18. The van der Waals surface area contributed by atoms with Crippen LogP contribution in [0.2, 0.25) is 0 Å². The number of hydrogen-bond donors (Lipinski definition) is 0. The van der Waals surface area contributed by atoms with Gasteiger partial charge in [0.15, 0.2) is 0 Å². The van der Waals surface area contributed by atoms with Gasteiger partial charge in [-0.25, -0.2) is 0 Å². The predicted octanol–water partition coefficient (Wildman–Crippen LogP) is 9.87. The summed E-state index contributed by atoms with van der Waals surface area (Å²) in [5.41, 5.74) is 11.9. The highest BCUT2D eigenvalue weighted by atomic mass is 14.7. The highest BCUT2D eigenvalue weighted by Crippen LogP contribution is 2.36. The van der Waals surface area contributed by atoms with Crippen molar-refractivity contribution < 1.29 is 0 Å². The minimum Gasteiger partial charge on any atom is -0.256 e. The van der Waals surface area contributed by atoms with Crippen LogP contribution in [0.4, 0.5) is 0 Å². The smallest absolute Gasteiger partial charge is 0.0708 e. The Morgan fingerprint density at radius 1 is 0.571 bits per heavy atom. The Balaban J connectivity index is 1.36. The van der Waals surface area contributed by atoms with Gasteiger partial charge in [-0.15, -0.1) is 0 Å². The van der Waals surface area contributed by atoms with Crippen LogP contribution in [-0.2, 0) is 0 Å². The van der Waals surface area contributed by atoms with Gasteiger partial charge in [0, 0.05) is 40.7 Å². The lowest BCUT2D eigenvalue weighted by Crippen LogP contribution is -2.03. The molecule has 2 aliphatic rings. The zero-order valence-corrected chi connectivity index (χ0v) is 23.4.